The van der Waals surface area contributed by atoms with Gasteiger partial charge in [-0.05, 0) is 48.5 Å². The first-order valence-corrected chi connectivity index (χ1v) is 11.5. The molecule has 0 aliphatic carbocycles. The van der Waals surface area contributed by atoms with E-state index in [4.69, 9.17) is 23.9 Å². The van der Waals surface area contributed by atoms with Gasteiger partial charge in [0.2, 0.25) is 0 Å². The van der Waals surface area contributed by atoms with E-state index in [-0.39, 0.29) is 0 Å². The van der Waals surface area contributed by atoms with Gasteiger partial charge in [0.15, 0.2) is 23.0 Å². The van der Waals surface area contributed by atoms with Gasteiger partial charge in [0, 0.05) is 16.5 Å². The van der Waals surface area contributed by atoms with Gasteiger partial charge in [0.25, 0.3) is 11.8 Å². The monoisotopic (exact) mass is 483 g/mol. The van der Waals surface area contributed by atoms with Crippen molar-refractivity contribution in [3.05, 3.63) is 77.9 Å². The van der Waals surface area contributed by atoms with Crippen LogP contribution in [0, 0.1) is 0 Å². The summed E-state index contributed by atoms with van der Waals surface area (Å²) in [6.45, 7) is 1.85. The molecule has 9 nitrogen and oxygen atoms in total. The van der Waals surface area contributed by atoms with Gasteiger partial charge in [0.05, 0.1) is 16.8 Å². The number of hydrogen-bond acceptors (Lipinski definition) is 7. The topological polar surface area (TPSA) is 108 Å². The first kappa shape index (κ1) is 21.7. The lowest BCUT2D eigenvalue weighted by molar-refractivity contribution is 0.0847. The maximum Gasteiger partial charge on any atom is 0.270 e. The van der Waals surface area contributed by atoms with Crippen LogP contribution in [-0.4, -0.2) is 43.2 Å². The van der Waals surface area contributed by atoms with Gasteiger partial charge in [-0.1, -0.05) is 18.2 Å². The van der Waals surface area contributed by atoms with E-state index in [0.29, 0.717) is 77.1 Å². The number of nitrogens with one attached hydrogen (secondary N) is 2. The quantitative estimate of drug-likeness (QED) is 0.429. The van der Waals surface area contributed by atoms with Gasteiger partial charge in [-0.2, -0.15) is 0 Å². The molecule has 4 aromatic rings. The molecule has 0 saturated heterocycles. The second-order valence-corrected chi connectivity index (χ2v) is 8.20. The predicted molar refractivity (Wildman–Crippen MR) is 131 cm³/mol. The van der Waals surface area contributed by atoms with Gasteiger partial charge in [0.1, 0.15) is 26.4 Å². The van der Waals surface area contributed by atoms with Crippen LogP contribution in [0.3, 0.4) is 0 Å². The molecule has 9 heteroatoms. The average molecular weight is 483 g/mol. The highest BCUT2D eigenvalue weighted by Crippen LogP contribution is 2.35. The van der Waals surface area contributed by atoms with E-state index in [1.807, 2.05) is 42.5 Å². The molecule has 36 heavy (non-hydrogen) atoms. The van der Waals surface area contributed by atoms with Crippen molar-refractivity contribution in [2.45, 2.75) is 0 Å². The molecule has 3 aromatic carbocycles. The minimum absolute atomic E-state index is 0.330. The van der Waals surface area contributed by atoms with Crippen LogP contribution >= 0.6 is 0 Å². The number of hydrazine groups is 1. The van der Waals surface area contributed by atoms with E-state index >= 15 is 0 Å². The molecule has 0 bridgehead atoms. The maximum atomic E-state index is 13.2. The largest absolute Gasteiger partial charge is 0.486 e. The summed E-state index contributed by atoms with van der Waals surface area (Å²) in [7, 11) is 0. The van der Waals surface area contributed by atoms with Crippen molar-refractivity contribution in [2.24, 2.45) is 0 Å². The molecule has 0 fully saturated rings. The van der Waals surface area contributed by atoms with Crippen molar-refractivity contribution in [2.75, 3.05) is 26.4 Å². The zero-order valence-electron chi connectivity index (χ0n) is 19.1. The Hall–Kier alpha value is -4.79. The SMILES string of the molecule is O=C(NNC(=O)c1cc(-c2ccc3c(c2)OCCO3)nc2ccccc12)c1ccc2c(c1)OCCO2. The zero-order valence-corrected chi connectivity index (χ0v) is 19.1. The van der Waals surface area contributed by atoms with Gasteiger partial charge in [-0.25, -0.2) is 4.98 Å². The van der Waals surface area contributed by atoms with E-state index in [1.165, 1.54) is 0 Å². The van der Waals surface area contributed by atoms with Gasteiger partial charge < -0.3 is 18.9 Å². The Morgan fingerprint density at radius 3 is 2.08 bits per heavy atom. The Morgan fingerprint density at radius 2 is 1.31 bits per heavy atom. The van der Waals surface area contributed by atoms with E-state index in [0.717, 1.165) is 5.56 Å². The highest BCUT2D eigenvalue weighted by molar-refractivity contribution is 6.08. The second-order valence-electron chi connectivity index (χ2n) is 8.20. The van der Waals surface area contributed by atoms with Crippen LogP contribution in [-0.2, 0) is 0 Å². The Kier molecular flexibility index (Phi) is 5.49. The molecule has 180 valence electrons. The summed E-state index contributed by atoms with van der Waals surface area (Å²) in [6, 6.07) is 19.4. The number of carbonyl (C=O) groups excluding carboxylic acids is 2. The minimum atomic E-state index is -0.481. The number of benzene rings is 3. The summed E-state index contributed by atoms with van der Waals surface area (Å²) in [4.78, 5) is 30.6. The summed E-state index contributed by atoms with van der Waals surface area (Å²) in [5, 5.41) is 0.657. The van der Waals surface area contributed by atoms with Gasteiger partial charge >= 0.3 is 0 Å². The van der Waals surface area contributed by atoms with Crippen LogP contribution in [0.5, 0.6) is 23.0 Å². The van der Waals surface area contributed by atoms with E-state index in [2.05, 4.69) is 10.9 Å². The highest BCUT2D eigenvalue weighted by atomic mass is 16.6. The molecule has 3 heterocycles. The number of pyridine rings is 1. The zero-order chi connectivity index (χ0) is 24.5. The number of fused-ring (bicyclic) bond motifs is 3. The number of nitrogens with zero attached hydrogens (tertiary/aromatic N) is 1. The Bertz CT molecular complexity index is 1500. The van der Waals surface area contributed by atoms with Crippen LogP contribution in [0.15, 0.2) is 66.7 Å². The predicted octanol–water partition coefficient (Wildman–Crippen LogP) is 3.52. The van der Waals surface area contributed by atoms with Crippen molar-refractivity contribution < 1.29 is 28.5 Å². The summed E-state index contributed by atoms with van der Waals surface area (Å²) in [6.07, 6.45) is 0. The number of carbonyl (C=O) groups is 2. The smallest absolute Gasteiger partial charge is 0.270 e. The van der Waals surface area contributed by atoms with E-state index in [9.17, 15) is 9.59 Å². The Morgan fingerprint density at radius 1 is 0.667 bits per heavy atom. The summed E-state index contributed by atoms with van der Waals surface area (Å²) in [5.74, 6) is 1.42. The van der Waals surface area contributed by atoms with Crippen molar-refractivity contribution in [3.8, 4) is 34.3 Å². The third-order valence-corrected chi connectivity index (χ3v) is 5.89. The lowest BCUT2D eigenvalue weighted by atomic mass is 10.0. The molecule has 2 aliphatic rings. The highest BCUT2D eigenvalue weighted by Gasteiger charge is 2.19. The van der Waals surface area contributed by atoms with Crippen LogP contribution in [0.1, 0.15) is 20.7 Å². The van der Waals surface area contributed by atoms with Crippen LogP contribution in [0.25, 0.3) is 22.2 Å². The number of ether oxygens (including phenoxy) is 4. The van der Waals surface area contributed by atoms with Crippen molar-refractivity contribution in [1.82, 2.24) is 15.8 Å². The molecular formula is C27H21N3O6. The third kappa shape index (κ3) is 4.11. The molecule has 0 spiro atoms. The fourth-order valence-electron chi connectivity index (χ4n) is 4.15. The molecule has 0 unspecified atom stereocenters. The van der Waals surface area contributed by atoms with Crippen LogP contribution in [0.4, 0.5) is 0 Å². The molecule has 2 aliphatic heterocycles. The molecule has 0 atom stereocenters. The first-order valence-electron chi connectivity index (χ1n) is 11.5. The standard InChI is InChI=1S/C27H21N3O6/c31-26(17-6-8-23-25(14-17)36-12-10-34-23)29-30-27(32)19-15-21(28-20-4-2-1-3-18(19)20)16-5-7-22-24(13-16)35-11-9-33-22/h1-8,13-15H,9-12H2,(H,29,31)(H,30,32). The first-order chi connectivity index (χ1) is 17.7. The normalized spacial score (nSPS) is 13.7. The molecule has 0 radical (unpaired) electrons. The lowest BCUT2D eigenvalue weighted by Gasteiger charge is -2.19. The van der Waals surface area contributed by atoms with Crippen molar-refractivity contribution >= 4 is 22.7 Å². The number of para-hydroxylation sites is 1. The summed E-state index contributed by atoms with van der Waals surface area (Å²) >= 11 is 0. The van der Waals surface area contributed by atoms with Crippen LogP contribution in [0.2, 0.25) is 0 Å². The molecule has 1 aromatic heterocycles. The summed E-state index contributed by atoms with van der Waals surface area (Å²) < 4.78 is 22.3. The fraction of sp³-hybridized carbons (Fsp3) is 0.148. The number of amides is 2. The minimum Gasteiger partial charge on any atom is -0.486 e. The van der Waals surface area contributed by atoms with Crippen molar-refractivity contribution in [1.29, 1.82) is 0 Å². The average Bonchev–Trinajstić information content (AvgIpc) is 2.94. The van der Waals surface area contributed by atoms with Gasteiger partial charge in [-0.3, -0.25) is 20.4 Å². The maximum absolute atomic E-state index is 13.2. The van der Waals surface area contributed by atoms with Crippen molar-refractivity contribution in [3.63, 3.8) is 0 Å². The molecule has 6 rings (SSSR count). The Labute approximate surface area is 205 Å². The molecular weight excluding hydrogens is 462 g/mol. The number of rotatable bonds is 3. The second kappa shape index (κ2) is 9.10. The lowest BCUT2D eigenvalue weighted by Crippen LogP contribution is -2.41. The molecule has 2 N–H and O–H groups in total. The third-order valence-electron chi connectivity index (χ3n) is 5.89. The summed E-state index contributed by atoms with van der Waals surface area (Å²) in [5.41, 5.74) is 7.71. The Balaban J connectivity index is 1.27. The van der Waals surface area contributed by atoms with E-state index in [1.54, 1.807) is 24.3 Å². The fourth-order valence-corrected chi connectivity index (χ4v) is 4.15. The molecule has 0 saturated carbocycles. The van der Waals surface area contributed by atoms with E-state index < -0.39 is 11.8 Å². The molecule has 2 amide bonds. The number of aromatic nitrogens is 1. The van der Waals surface area contributed by atoms with Gasteiger partial charge in [-0.15, -0.1) is 0 Å². The number of hydrogen-bond donors (Lipinski definition) is 2. The van der Waals surface area contributed by atoms with Crippen LogP contribution < -0.4 is 29.8 Å².